The number of aryl methyl sites for hydroxylation is 2. The zero-order valence-corrected chi connectivity index (χ0v) is 45.2. The number of rotatable bonds is 15. The molecule has 9 aliphatic rings. The van der Waals surface area contributed by atoms with E-state index in [2.05, 4.69) is 141 Å². The van der Waals surface area contributed by atoms with E-state index in [1.165, 1.54) is 123 Å². The molecule has 9 saturated carbocycles. The first-order valence-electron chi connectivity index (χ1n) is 28.8. The summed E-state index contributed by atoms with van der Waals surface area (Å²) in [5.74, 6) is 2.19. The number of aliphatic hydroxyl groups excluding tert-OH is 1. The Morgan fingerprint density at radius 2 is 1.09 bits per heavy atom. The minimum Gasteiger partial charge on any atom is -0.496 e. The fourth-order valence-corrected chi connectivity index (χ4v) is 14.5. The minimum absolute atomic E-state index is 0.0142. The van der Waals surface area contributed by atoms with Gasteiger partial charge in [-0.15, -0.1) is 0 Å². The molecule has 9 fully saturated rings. The zero-order valence-electron chi connectivity index (χ0n) is 45.2. The first-order valence-corrected chi connectivity index (χ1v) is 28.8. The van der Waals surface area contributed by atoms with Crippen LogP contribution in [0.25, 0.3) is 22.3 Å². The summed E-state index contributed by atoms with van der Waals surface area (Å²) in [7, 11) is 3.51. The fourth-order valence-electron chi connectivity index (χ4n) is 14.5. The minimum atomic E-state index is -0.265. The molecule has 15 rings (SSSR count). The highest BCUT2D eigenvalue weighted by Crippen LogP contribution is 2.60. The third-order valence-electron chi connectivity index (χ3n) is 20.0. The molecular weight excluding hydrogens is 929 g/mol. The van der Waals surface area contributed by atoms with Crippen LogP contribution < -0.4 is 19.7 Å². The number of amides is 1. The quantitative estimate of drug-likeness (QED) is 0.106. The van der Waals surface area contributed by atoms with Crippen LogP contribution in [0, 0.1) is 30.6 Å². The van der Waals surface area contributed by atoms with E-state index in [1.807, 2.05) is 12.4 Å². The molecule has 0 radical (unpaired) electrons. The van der Waals surface area contributed by atoms with Crippen molar-refractivity contribution in [3.05, 3.63) is 132 Å². The van der Waals surface area contributed by atoms with Gasteiger partial charge in [0.15, 0.2) is 0 Å². The van der Waals surface area contributed by atoms with Crippen LogP contribution >= 0.6 is 0 Å². The highest BCUT2D eigenvalue weighted by atomic mass is 16.5. The molecule has 0 unspecified atom stereocenters. The van der Waals surface area contributed by atoms with Crippen LogP contribution in [0.4, 0.5) is 11.4 Å². The van der Waals surface area contributed by atoms with Crippen molar-refractivity contribution in [3.63, 3.8) is 0 Å². The Bertz CT molecular complexity index is 2960. The molecular formula is C65H80N6O4. The van der Waals surface area contributed by atoms with Gasteiger partial charge in [-0.1, -0.05) is 48.5 Å². The van der Waals surface area contributed by atoms with Crippen molar-refractivity contribution in [1.82, 2.24) is 19.6 Å². The summed E-state index contributed by atoms with van der Waals surface area (Å²) in [5, 5.41) is 23.1. The summed E-state index contributed by atoms with van der Waals surface area (Å²) in [6.07, 6.45) is 30.9. The van der Waals surface area contributed by atoms with E-state index in [1.54, 1.807) is 14.2 Å². The maximum atomic E-state index is 14.3. The van der Waals surface area contributed by atoms with Crippen LogP contribution in [-0.2, 0) is 15.6 Å². The molecule has 0 atom stereocenters. The van der Waals surface area contributed by atoms with Crippen LogP contribution in [0.1, 0.15) is 163 Å². The van der Waals surface area contributed by atoms with E-state index >= 15 is 0 Å². The average molecular weight is 1010 g/mol. The molecule has 75 heavy (non-hydrogen) atoms. The number of anilines is 2. The Balaban J connectivity index is 0.000000156. The third-order valence-corrected chi connectivity index (χ3v) is 20.0. The van der Waals surface area contributed by atoms with Gasteiger partial charge in [-0.3, -0.25) is 14.2 Å². The van der Waals surface area contributed by atoms with Crippen molar-refractivity contribution in [1.29, 1.82) is 0 Å². The molecule has 2 N–H and O–H groups in total. The van der Waals surface area contributed by atoms with Gasteiger partial charge in [-0.2, -0.15) is 10.2 Å². The number of aliphatic hydroxyl groups is 1. The Kier molecular flexibility index (Phi) is 13.5. The van der Waals surface area contributed by atoms with Gasteiger partial charge < -0.3 is 24.8 Å². The Labute approximate surface area is 445 Å². The topological polar surface area (TPSA) is 107 Å². The summed E-state index contributed by atoms with van der Waals surface area (Å²) in [6, 6.07) is 32.3. The predicted molar refractivity (Wildman–Crippen MR) is 300 cm³/mol. The summed E-state index contributed by atoms with van der Waals surface area (Å²) in [4.78, 5) is 16.4. The molecule has 10 heteroatoms. The molecule has 10 nitrogen and oxygen atoms in total. The van der Waals surface area contributed by atoms with Crippen molar-refractivity contribution in [2.75, 3.05) is 37.5 Å². The Hall–Kier alpha value is -5.87. The number of methoxy groups -OCH3 is 2. The molecule has 2 heterocycles. The molecule has 0 saturated heterocycles. The van der Waals surface area contributed by atoms with Crippen molar-refractivity contribution in [2.45, 2.75) is 171 Å². The second kappa shape index (κ2) is 20.3. The fraction of sp³-hybridized carbons (Fsp3) is 0.523. The number of carbonyl (C=O) groups excluding carboxylic acids is 1. The Morgan fingerprint density at radius 3 is 1.59 bits per heavy atom. The summed E-state index contributed by atoms with van der Waals surface area (Å²) < 4.78 is 15.3. The molecule has 2 aromatic heterocycles. The highest BCUT2D eigenvalue weighted by molar-refractivity contribution is 5.96. The van der Waals surface area contributed by atoms with Crippen molar-refractivity contribution < 1.29 is 19.4 Å². The number of fused-ring (bicyclic) bond motifs is 6. The molecule has 4 bridgehead atoms. The van der Waals surface area contributed by atoms with E-state index < -0.39 is 0 Å². The lowest BCUT2D eigenvalue weighted by Gasteiger charge is -2.55. The molecule has 0 aliphatic heterocycles. The maximum Gasteiger partial charge on any atom is 0.230 e. The van der Waals surface area contributed by atoms with Gasteiger partial charge in [0, 0.05) is 53.9 Å². The van der Waals surface area contributed by atoms with Gasteiger partial charge in [0.1, 0.15) is 11.5 Å². The molecule has 1 amide bonds. The van der Waals surface area contributed by atoms with Crippen molar-refractivity contribution >= 4 is 17.3 Å². The summed E-state index contributed by atoms with van der Waals surface area (Å²) >= 11 is 0. The molecule has 4 aromatic carbocycles. The van der Waals surface area contributed by atoms with Crippen LogP contribution in [-0.4, -0.2) is 64.0 Å². The summed E-state index contributed by atoms with van der Waals surface area (Å²) in [5.41, 5.74) is 13.6. The molecule has 6 aromatic rings. The lowest BCUT2D eigenvalue weighted by molar-refractivity contribution is -0.124. The summed E-state index contributed by atoms with van der Waals surface area (Å²) in [6.45, 7) is 6.18. The third kappa shape index (κ3) is 10.2. The number of carbonyl (C=O) groups is 1. The van der Waals surface area contributed by atoms with Crippen LogP contribution in [0.2, 0.25) is 0 Å². The number of ether oxygens (including phenoxy) is 2. The second-order valence-corrected chi connectivity index (χ2v) is 24.7. The van der Waals surface area contributed by atoms with E-state index in [0.29, 0.717) is 22.9 Å². The van der Waals surface area contributed by atoms with Gasteiger partial charge in [-0.05, 0) is 234 Å². The largest absolute Gasteiger partial charge is 0.496 e. The van der Waals surface area contributed by atoms with Crippen LogP contribution in [0.15, 0.2) is 110 Å². The lowest BCUT2D eigenvalue weighted by Crippen LogP contribution is -2.51. The SMILES string of the molecule is COc1ccc(C23CCC(CN(C(=O)C4CCC(O)CC4)c4cccc(-c5cnn(C6CC6)c5)c4)(CC2)CC3)cc1C.COc1ccc(C23CCC(CNc4cccc(-c5cnn(C6CC6)c5)c4)(CC2)CC3)cc1C. The molecule has 394 valence electrons. The first kappa shape index (κ1) is 50.0. The number of nitrogens with zero attached hydrogens (tertiary/aromatic N) is 5. The standard InChI is InChI=1S/C36H45N3O3.C29H35N3O/c1-25-20-29(8-13-33(25)42-2)36-17-14-35(15-18-36,16-19-36)24-38(34(41)26-6-11-32(40)12-7-26)31-5-3-4-27(21-31)28-22-37-39(23-28)30-9-10-30;1-21-16-24(6-9-27(21)33-2)29-13-10-28(11-14-29,12-15-29)20-30-25-5-3-4-22(17-25)23-18-31-32(19-23)26-7-8-26/h3-5,8,13,20-23,26,30,32,40H,6-7,9-12,14-19,24H2,1-2H3;3-6,9,16-19,26,30H,7-8,10-15,20H2,1-2H3. The number of hydrogen-bond donors (Lipinski definition) is 2. The number of nitrogens with one attached hydrogen (secondary N) is 1. The second-order valence-electron chi connectivity index (χ2n) is 24.7. The molecule has 0 spiro atoms. The van der Waals surface area contributed by atoms with Gasteiger partial charge in [0.25, 0.3) is 0 Å². The van der Waals surface area contributed by atoms with E-state index in [4.69, 9.17) is 9.47 Å². The number of benzene rings is 4. The predicted octanol–water partition coefficient (Wildman–Crippen LogP) is 14.3. The average Bonchev–Trinajstić information content (AvgIpc) is 4.41. The van der Waals surface area contributed by atoms with Gasteiger partial charge >= 0.3 is 0 Å². The van der Waals surface area contributed by atoms with Crippen molar-refractivity contribution in [2.24, 2.45) is 16.7 Å². The van der Waals surface area contributed by atoms with E-state index in [0.717, 1.165) is 86.3 Å². The van der Waals surface area contributed by atoms with E-state index in [-0.39, 0.29) is 28.8 Å². The van der Waals surface area contributed by atoms with Crippen molar-refractivity contribution in [3.8, 4) is 33.8 Å². The first-order chi connectivity index (χ1) is 36.4. The Morgan fingerprint density at radius 1 is 0.600 bits per heavy atom. The van der Waals surface area contributed by atoms with Crippen LogP contribution in [0.3, 0.4) is 0 Å². The monoisotopic (exact) mass is 1010 g/mol. The zero-order chi connectivity index (χ0) is 51.4. The molecule has 9 aliphatic carbocycles. The number of aromatic nitrogens is 4. The van der Waals surface area contributed by atoms with Gasteiger partial charge in [-0.25, -0.2) is 0 Å². The lowest BCUT2D eigenvalue weighted by atomic mass is 9.51. The maximum absolute atomic E-state index is 14.3. The smallest absolute Gasteiger partial charge is 0.230 e. The van der Waals surface area contributed by atoms with Gasteiger partial charge in [0.05, 0.1) is 44.8 Å². The highest BCUT2D eigenvalue weighted by Gasteiger charge is 2.51. The number of hydrogen-bond acceptors (Lipinski definition) is 7. The van der Waals surface area contributed by atoms with Crippen LogP contribution in [0.5, 0.6) is 11.5 Å². The van der Waals surface area contributed by atoms with Gasteiger partial charge in [0.2, 0.25) is 5.91 Å². The van der Waals surface area contributed by atoms with E-state index in [9.17, 15) is 9.90 Å². The normalized spacial score (nSPS) is 27.8.